The molecule has 0 aliphatic carbocycles. The second-order valence-corrected chi connectivity index (χ2v) is 6.58. The average molecular weight is 334 g/mol. The lowest BCUT2D eigenvalue weighted by molar-refractivity contribution is 0.949. The zero-order chi connectivity index (χ0) is 17.5. The third kappa shape index (κ3) is 2.23. The Morgan fingerprint density at radius 3 is 1.92 bits per heavy atom. The Morgan fingerprint density at radius 1 is 0.654 bits per heavy atom. The molecule has 5 rings (SSSR count). The molecule has 0 aliphatic heterocycles. The molecule has 0 amide bonds. The third-order valence-electron chi connectivity index (χ3n) is 4.86. The molecule has 0 unspecified atom stereocenters. The lowest BCUT2D eigenvalue weighted by Gasteiger charge is -2.15. The van der Waals surface area contributed by atoms with Gasteiger partial charge in [0.2, 0.25) is 0 Å². The highest BCUT2D eigenvalue weighted by Crippen LogP contribution is 2.38. The summed E-state index contributed by atoms with van der Waals surface area (Å²) in [6, 6.07) is 31.9. The van der Waals surface area contributed by atoms with Crippen molar-refractivity contribution in [3.05, 3.63) is 96.7 Å². The number of benzene rings is 3. The summed E-state index contributed by atoms with van der Waals surface area (Å²) >= 11 is 0. The second-order valence-electron chi connectivity index (χ2n) is 6.58. The van der Waals surface area contributed by atoms with Gasteiger partial charge in [0.1, 0.15) is 0 Å². The Balaban J connectivity index is 2.02. The maximum absolute atomic E-state index is 4.84. The largest absolute Gasteiger partial charge is 0.232 e. The summed E-state index contributed by atoms with van der Waals surface area (Å²) in [6.07, 6.45) is 0. The van der Waals surface area contributed by atoms with E-state index < -0.39 is 0 Å². The summed E-state index contributed by atoms with van der Waals surface area (Å²) in [5, 5.41) is 7.31. The third-order valence-corrected chi connectivity index (χ3v) is 4.86. The van der Waals surface area contributed by atoms with Gasteiger partial charge >= 0.3 is 0 Å². The molecule has 0 saturated carbocycles. The zero-order valence-corrected chi connectivity index (χ0v) is 14.6. The zero-order valence-electron chi connectivity index (χ0n) is 14.6. The Bertz CT molecular complexity index is 1120. The molecule has 0 spiro atoms. The van der Waals surface area contributed by atoms with Gasteiger partial charge < -0.3 is 0 Å². The van der Waals surface area contributed by atoms with E-state index in [-0.39, 0.29) is 0 Å². The van der Waals surface area contributed by atoms with Crippen molar-refractivity contribution in [3.63, 3.8) is 0 Å². The molecule has 124 valence electrons. The van der Waals surface area contributed by atoms with E-state index in [4.69, 9.17) is 5.10 Å². The summed E-state index contributed by atoms with van der Waals surface area (Å²) in [5.41, 5.74) is 6.94. The number of hydrogen-bond acceptors (Lipinski definition) is 1. The molecule has 0 aliphatic rings. The van der Waals surface area contributed by atoms with Gasteiger partial charge in [-0.05, 0) is 23.9 Å². The molecule has 0 bridgehead atoms. The molecule has 0 fully saturated rings. The van der Waals surface area contributed by atoms with E-state index in [1.54, 1.807) is 0 Å². The van der Waals surface area contributed by atoms with Gasteiger partial charge in [-0.25, -0.2) is 4.52 Å². The van der Waals surface area contributed by atoms with Crippen LogP contribution in [0.15, 0.2) is 91.0 Å². The van der Waals surface area contributed by atoms with Crippen molar-refractivity contribution >= 4 is 16.3 Å². The average Bonchev–Trinajstić information content (AvgIpc) is 3.07. The van der Waals surface area contributed by atoms with Gasteiger partial charge in [-0.3, -0.25) is 0 Å². The molecular weight excluding hydrogens is 316 g/mol. The maximum atomic E-state index is 4.84. The molecule has 2 heteroatoms. The van der Waals surface area contributed by atoms with Crippen LogP contribution in [0.4, 0.5) is 0 Å². The van der Waals surface area contributed by atoms with Gasteiger partial charge in [-0.15, -0.1) is 0 Å². The second kappa shape index (κ2) is 5.85. The Hall–Kier alpha value is -3.39. The maximum Gasteiger partial charge on any atom is 0.0803 e. The number of aryl methyl sites for hydroxylation is 1. The molecule has 0 saturated heterocycles. The van der Waals surface area contributed by atoms with E-state index in [0.717, 1.165) is 16.9 Å². The standard InChI is InChI=1S/C24H18N2/c1-17-16-22-23(18-10-4-2-5-11-18)20-14-8-9-15-21(20)24(26(22)25-17)19-12-6-3-7-13-19/h2-16H,1H3. The monoisotopic (exact) mass is 334 g/mol. The van der Waals surface area contributed by atoms with E-state index in [9.17, 15) is 0 Å². The van der Waals surface area contributed by atoms with Crippen LogP contribution < -0.4 is 0 Å². The molecule has 3 aromatic carbocycles. The molecule has 2 nitrogen and oxygen atoms in total. The van der Waals surface area contributed by atoms with Gasteiger partial charge in [-0.2, -0.15) is 5.10 Å². The minimum atomic E-state index is 1.02. The minimum absolute atomic E-state index is 1.02. The fourth-order valence-corrected chi connectivity index (χ4v) is 3.79. The van der Waals surface area contributed by atoms with Gasteiger partial charge in [0.25, 0.3) is 0 Å². The van der Waals surface area contributed by atoms with Crippen molar-refractivity contribution in [1.82, 2.24) is 9.61 Å². The number of fused-ring (bicyclic) bond motifs is 2. The molecule has 0 N–H and O–H groups in total. The first-order valence-electron chi connectivity index (χ1n) is 8.85. The van der Waals surface area contributed by atoms with Gasteiger partial charge in [-0.1, -0.05) is 84.9 Å². The van der Waals surface area contributed by atoms with Crippen molar-refractivity contribution in [3.8, 4) is 22.4 Å². The summed E-state index contributed by atoms with van der Waals surface area (Å²) < 4.78 is 2.11. The number of nitrogens with zero attached hydrogens (tertiary/aromatic N) is 2. The first kappa shape index (κ1) is 14.9. The fourth-order valence-electron chi connectivity index (χ4n) is 3.79. The first-order valence-corrected chi connectivity index (χ1v) is 8.85. The first-order chi connectivity index (χ1) is 12.8. The smallest absolute Gasteiger partial charge is 0.0803 e. The summed E-state index contributed by atoms with van der Waals surface area (Å²) in [4.78, 5) is 0. The molecule has 2 heterocycles. The van der Waals surface area contributed by atoms with Gasteiger partial charge in [0.05, 0.1) is 16.9 Å². The Morgan fingerprint density at radius 2 is 1.23 bits per heavy atom. The van der Waals surface area contributed by atoms with Crippen LogP contribution in [0.1, 0.15) is 5.69 Å². The van der Waals surface area contributed by atoms with Crippen LogP contribution in [0.2, 0.25) is 0 Å². The van der Waals surface area contributed by atoms with Crippen molar-refractivity contribution in [2.45, 2.75) is 6.92 Å². The van der Waals surface area contributed by atoms with Crippen molar-refractivity contribution < 1.29 is 0 Å². The molecule has 2 aromatic heterocycles. The molecular formula is C24H18N2. The van der Waals surface area contributed by atoms with Crippen LogP contribution in [0.25, 0.3) is 38.7 Å². The Labute approximate surface area is 152 Å². The van der Waals surface area contributed by atoms with Crippen molar-refractivity contribution in [2.75, 3.05) is 0 Å². The quantitative estimate of drug-likeness (QED) is 0.379. The van der Waals surface area contributed by atoms with E-state index >= 15 is 0 Å². The summed E-state index contributed by atoms with van der Waals surface area (Å²) in [5.74, 6) is 0. The lowest BCUT2D eigenvalue weighted by Crippen LogP contribution is -1.98. The van der Waals surface area contributed by atoms with E-state index in [1.165, 1.54) is 27.5 Å². The van der Waals surface area contributed by atoms with Crippen LogP contribution in [0.5, 0.6) is 0 Å². The van der Waals surface area contributed by atoms with E-state index in [2.05, 4.69) is 102 Å². The van der Waals surface area contributed by atoms with Crippen molar-refractivity contribution in [1.29, 1.82) is 0 Å². The van der Waals surface area contributed by atoms with Gasteiger partial charge in [0, 0.05) is 16.5 Å². The van der Waals surface area contributed by atoms with Gasteiger partial charge in [0.15, 0.2) is 0 Å². The summed E-state index contributed by atoms with van der Waals surface area (Å²) in [6.45, 7) is 2.06. The Kier molecular flexibility index (Phi) is 3.36. The topological polar surface area (TPSA) is 17.3 Å². The SMILES string of the molecule is Cc1cc2c(-c3ccccc3)c3ccccc3c(-c3ccccc3)n2n1. The molecule has 0 atom stereocenters. The van der Waals surface area contributed by atoms with Crippen LogP contribution in [0.3, 0.4) is 0 Å². The van der Waals surface area contributed by atoms with E-state index in [0.29, 0.717) is 0 Å². The highest BCUT2D eigenvalue weighted by molar-refractivity contribution is 6.09. The number of pyridine rings is 1. The number of aromatic nitrogens is 2. The highest BCUT2D eigenvalue weighted by Gasteiger charge is 2.17. The van der Waals surface area contributed by atoms with Crippen LogP contribution >= 0.6 is 0 Å². The van der Waals surface area contributed by atoms with Crippen LogP contribution in [0, 0.1) is 6.92 Å². The molecule has 26 heavy (non-hydrogen) atoms. The highest BCUT2D eigenvalue weighted by atomic mass is 15.2. The minimum Gasteiger partial charge on any atom is -0.232 e. The van der Waals surface area contributed by atoms with E-state index in [1.807, 2.05) is 0 Å². The molecule has 0 radical (unpaired) electrons. The normalized spacial score (nSPS) is 11.3. The summed E-state index contributed by atoms with van der Waals surface area (Å²) in [7, 11) is 0. The van der Waals surface area contributed by atoms with Crippen LogP contribution in [-0.2, 0) is 0 Å². The predicted octanol–water partition coefficient (Wildman–Crippen LogP) is 6.13. The van der Waals surface area contributed by atoms with Crippen molar-refractivity contribution in [2.24, 2.45) is 0 Å². The number of hydrogen-bond donors (Lipinski definition) is 0. The predicted molar refractivity (Wildman–Crippen MR) is 108 cm³/mol. The molecule has 5 aromatic rings. The number of rotatable bonds is 2. The lowest BCUT2D eigenvalue weighted by atomic mass is 9.95. The van der Waals surface area contributed by atoms with Crippen LogP contribution in [-0.4, -0.2) is 9.61 Å². The fraction of sp³-hybridized carbons (Fsp3) is 0.0417.